The number of aromatic nitrogens is 1. The van der Waals surface area contributed by atoms with E-state index in [9.17, 15) is 9.59 Å². The summed E-state index contributed by atoms with van der Waals surface area (Å²) in [6.07, 6.45) is 1.39. The zero-order chi connectivity index (χ0) is 30.5. The van der Waals surface area contributed by atoms with Crippen LogP contribution >= 0.6 is 27.5 Å². The van der Waals surface area contributed by atoms with E-state index in [2.05, 4.69) is 31.4 Å². The maximum absolute atomic E-state index is 13.4. The molecule has 4 aromatic carbocycles. The van der Waals surface area contributed by atoms with Crippen LogP contribution in [-0.4, -0.2) is 44.4 Å². The third-order valence-electron chi connectivity index (χ3n) is 6.49. The monoisotopic (exact) mass is 661 g/mol. The standard InChI is InChI=1S/C32H25BrClN3O6/c1-40-26-14-19(15-27(41-2)30(26)42-3)32(39)43-25-12-9-21(33)13-20(25)17-35-37-31(38)29-28(18-7-5-4-6-8-18)23-16-22(34)10-11-24(23)36-29/h4-17,36H,1-3H3,(H,37,38). The lowest BCUT2D eigenvalue weighted by molar-refractivity contribution is 0.0733. The zero-order valence-corrected chi connectivity index (χ0v) is 25.6. The summed E-state index contributed by atoms with van der Waals surface area (Å²) >= 11 is 9.70. The Morgan fingerprint density at radius 1 is 0.884 bits per heavy atom. The highest BCUT2D eigenvalue weighted by Crippen LogP contribution is 2.39. The van der Waals surface area contributed by atoms with Crippen molar-refractivity contribution in [2.24, 2.45) is 5.10 Å². The summed E-state index contributed by atoms with van der Waals surface area (Å²) < 4.78 is 22.4. The summed E-state index contributed by atoms with van der Waals surface area (Å²) in [7, 11) is 4.39. The fraction of sp³-hybridized carbons (Fsp3) is 0.0938. The molecule has 0 aliphatic carbocycles. The normalized spacial score (nSPS) is 11.0. The third-order valence-corrected chi connectivity index (χ3v) is 7.22. The van der Waals surface area contributed by atoms with Crippen molar-refractivity contribution in [3.05, 3.63) is 105 Å². The number of ether oxygens (including phenoxy) is 4. The third kappa shape index (κ3) is 6.35. The number of H-pyrrole nitrogens is 1. The van der Waals surface area contributed by atoms with E-state index in [4.69, 9.17) is 30.5 Å². The summed E-state index contributed by atoms with van der Waals surface area (Å²) in [6, 6.07) is 22.9. The van der Waals surface area contributed by atoms with Gasteiger partial charge in [-0.2, -0.15) is 5.10 Å². The number of benzene rings is 4. The second-order valence-corrected chi connectivity index (χ2v) is 10.5. The van der Waals surface area contributed by atoms with E-state index in [0.29, 0.717) is 43.6 Å². The molecule has 11 heteroatoms. The molecule has 0 unspecified atom stereocenters. The molecule has 5 rings (SSSR count). The van der Waals surface area contributed by atoms with E-state index in [1.165, 1.54) is 39.7 Å². The average molecular weight is 663 g/mol. The average Bonchev–Trinajstić information content (AvgIpc) is 3.40. The van der Waals surface area contributed by atoms with Gasteiger partial charge in [-0.25, -0.2) is 10.2 Å². The van der Waals surface area contributed by atoms with Gasteiger partial charge >= 0.3 is 5.97 Å². The van der Waals surface area contributed by atoms with Gasteiger partial charge in [-0.3, -0.25) is 4.79 Å². The number of fused-ring (bicyclic) bond motifs is 1. The topological polar surface area (TPSA) is 111 Å². The Labute approximate surface area is 260 Å². The summed E-state index contributed by atoms with van der Waals surface area (Å²) in [5, 5.41) is 5.52. The molecule has 0 atom stereocenters. The number of aromatic amines is 1. The van der Waals surface area contributed by atoms with Gasteiger partial charge < -0.3 is 23.9 Å². The molecule has 0 aliphatic rings. The second-order valence-electron chi connectivity index (χ2n) is 9.12. The van der Waals surface area contributed by atoms with Gasteiger partial charge in [-0.1, -0.05) is 57.9 Å². The van der Waals surface area contributed by atoms with Crippen molar-refractivity contribution < 1.29 is 28.5 Å². The van der Waals surface area contributed by atoms with Crippen molar-refractivity contribution >= 4 is 56.5 Å². The molecule has 2 N–H and O–H groups in total. The van der Waals surface area contributed by atoms with Crippen LogP contribution in [0.25, 0.3) is 22.0 Å². The van der Waals surface area contributed by atoms with E-state index < -0.39 is 11.9 Å². The number of amides is 1. The minimum absolute atomic E-state index is 0.181. The number of methoxy groups -OCH3 is 3. The summed E-state index contributed by atoms with van der Waals surface area (Å²) in [5.74, 6) is 0.0526. The molecule has 5 aromatic rings. The highest BCUT2D eigenvalue weighted by Gasteiger charge is 2.21. The van der Waals surface area contributed by atoms with Gasteiger partial charge in [0.05, 0.1) is 33.1 Å². The molecule has 1 aromatic heterocycles. The Morgan fingerprint density at radius 2 is 1.60 bits per heavy atom. The quantitative estimate of drug-likeness (QED) is 0.0744. The van der Waals surface area contributed by atoms with Crippen molar-refractivity contribution in [1.29, 1.82) is 0 Å². The molecule has 1 heterocycles. The van der Waals surface area contributed by atoms with Crippen LogP contribution in [0.3, 0.4) is 0 Å². The molecule has 0 spiro atoms. The van der Waals surface area contributed by atoms with Crippen LogP contribution in [0.15, 0.2) is 88.4 Å². The number of nitrogens with zero attached hydrogens (tertiary/aromatic N) is 1. The second kappa shape index (κ2) is 13.0. The minimum atomic E-state index is -0.662. The van der Waals surface area contributed by atoms with Gasteiger partial charge in [0.1, 0.15) is 11.4 Å². The van der Waals surface area contributed by atoms with Crippen LogP contribution in [0.2, 0.25) is 5.02 Å². The predicted molar refractivity (Wildman–Crippen MR) is 169 cm³/mol. The molecule has 0 saturated heterocycles. The van der Waals surface area contributed by atoms with Crippen LogP contribution in [0, 0.1) is 0 Å². The molecule has 218 valence electrons. The van der Waals surface area contributed by atoms with E-state index in [-0.39, 0.29) is 11.3 Å². The molecular weight excluding hydrogens is 638 g/mol. The molecule has 0 radical (unpaired) electrons. The SMILES string of the molecule is COc1cc(C(=O)Oc2ccc(Br)cc2C=NNC(=O)c2[nH]c3ccc(Cl)cc3c2-c2ccccc2)cc(OC)c1OC. The number of carbonyl (C=O) groups is 2. The Kier molecular flexibility index (Phi) is 8.98. The van der Waals surface area contributed by atoms with Crippen LogP contribution in [0.5, 0.6) is 23.0 Å². The highest BCUT2D eigenvalue weighted by molar-refractivity contribution is 9.10. The first-order valence-corrected chi connectivity index (χ1v) is 14.0. The lowest BCUT2D eigenvalue weighted by Crippen LogP contribution is -2.19. The van der Waals surface area contributed by atoms with Crippen LogP contribution in [0.1, 0.15) is 26.4 Å². The largest absolute Gasteiger partial charge is 0.493 e. The Morgan fingerprint density at radius 3 is 2.28 bits per heavy atom. The summed E-state index contributed by atoms with van der Waals surface area (Å²) in [5.41, 5.74) is 5.81. The first kappa shape index (κ1) is 29.7. The van der Waals surface area contributed by atoms with Crippen molar-refractivity contribution in [2.75, 3.05) is 21.3 Å². The number of hydrazone groups is 1. The molecule has 0 bridgehead atoms. The minimum Gasteiger partial charge on any atom is -0.493 e. The van der Waals surface area contributed by atoms with Gasteiger partial charge in [0.2, 0.25) is 5.75 Å². The highest BCUT2D eigenvalue weighted by atomic mass is 79.9. The van der Waals surface area contributed by atoms with Gasteiger partial charge in [-0.05, 0) is 54.1 Å². The smallest absolute Gasteiger partial charge is 0.343 e. The number of esters is 1. The van der Waals surface area contributed by atoms with Gasteiger partial charge in [-0.15, -0.1) is 0 Å². The number of halogens is 2. The van der Waals surface area contributed by atoms with Gasteiger partial charge in [0.25, 0.3) is 5.91 Å². The molecule has 43 heavy (non-hydrogen) atoms. The maximum atomic E-state index is 13.4. The number of hydrogen-bond acceptors (Lipinski definition) is 7. The van der Waals surface area contributed by atoms with Crippen LogP contribution < -0.4 is 24.4 Å². The van der Waals surface area contributed by atoms with Gasteiger partial charge in [0.15, 0.2) is 11.5 Å². The number of nitrogens with one attached hydrogen (secondary N) is 2. The predicted octanol–water partition coefficient (Wildman–Crippen LogP) is 7.26. The summed E-state index contributed by atoms with van der Waals surface area (Å²) in [6.45, 7) is 0. The number of carbonyl (C=O) groups excluding carboxylic acids is 2. The van der Waals surface area contributed by atoms with Crippen LogP contribution in [-0.2, 0) is 0 Å². The van der Waals surface area contributed by atoms with E-state index in [1.807, 2.05) is 42.5 Å². The molecule has 1 amide bonds. The lowest BCUT2D eigenvalue weighted by Gasteiger charge is -2.14. The van der Waals surface area contributed by atoms with Crippen molar-refractivity contribution in [1.82, 2.24) is 10.4 Å². The maximum Gasteiger partial charge on any atom is 0.343 e. The van der Waals surface area contributed by atoms with E-state index >= 15 is 0 Å². The molecule has 0 aliphatic heterocycles. The fourth-order valence-electron chi connectivity index (χ4n) is 4.53. The van der Waals surface area contributed by atoms with E-state index in [0.717, 1.165) is 16.5 Å². The molecule has 9 nitrogen and oxygen atoms in total. The molecular formula is C32H25BrClN3O6. The number of hydrogen-bond donors (Lipinski definition) is 2. The van der Waals surface area contributed by atoms with Crippen molar-refractivity contribution in [2.45, 2.75) is 0 Å². The first-order chi connectivity index (χ1) is 20.8. The first-order valence-electron chi connectivity index (χ1n) is 12.8. The Balaban J connectivity index is 1.41. The lowest BCUT2D eigenvalue weighted by atomic mass is 10.0. The van der Waals surface area contributed by atoms with Gasteiger partial charge in [0, 0.05) is 31.5 Å². The zero-order valence-electron chi connectivity index (χ0n) is 23.2. The summed E-state index contributed by atoms with van der Waals surface area (Å²) in [4.78, 5) is 29.7. The Bertz CT molecular complexity index is 1830. The van der Waals surface area contributed by atoms with E-state index in [1.54, 1.807) is 24.3 Å². The molecule has 0 fully saturated rings. The van der Waals surface area contributed by atoms with Crippen molar-refractivity contribution in [3.63, 3.8) is 0 Å². The fourth-order valence-corrected chi connectivity index (χ4v) is 5.08. The van der Waals surface area contributed by atoms with Crippen molar-refractivity contribution in [3.8, 4) is 34.1 Å². The number of rotatable bonds is 9. The molecule has 0 saturated carbocycles. The Hall–Kier alpha value is -4.80. The van der Waals surface area contributed by atoms with Crippen LogP contribution in [0.4, 0.5) is 0 Å².